The number of rotatable bonds is 5. The summed E-state index contributed by atoms with van der Waals surface area (Å²) >= 11 is 0. The molecule has 2 N–H and O–H groups in total. The Morgan fingerprint density at radius 3 is 2.42 bits per heavy atom. The first-order valence-electron chi connectivity index (χ1n) is 5.24. The zero-order valence-electron chi connectivity index (χ0n) is 10.3. The maximum atomic E-state index is 13.3. The van der Waals surface area contributed by atoms with Crippen LogP contribution in [0, 0.1) is 17.0 Å². The fraction of sp³-hybridized carbons (Fsp3) is 0.364. The number of sulfonamides is 1. The largest absolute Gasteiger partial charge is 0.481 e. The molecule has 0 spiro atoms. The van der Waals surface area contributed by atoms with Crippen LogP contribution in [0.25, 0.3) is 0 Å². The van der Waals surface area contributed by atoms with E-state index in [1.807, 2.05) is 4.72 Å². The van der Waals surface area contributed by atoms with E-state index in [0.717, 1.165) is 12.1 Å². The number of carboxylic acid groups (broad SMARTS) is 1. The highest BCUT2D eigenvalue weighted by Crippen LogP contribution is 2.18. The summed E-state index contributed by atoms with van der Waals surface area (Å²) < 4.78 is 51.6. The summed E-state index contributed by atoms with van der Waals surface area (Å²) in [5, 5.41) is 8.84. The molecule has 0 bridgehead atoms. The van der Waals surface area contributed by atoms with Crippen molar-refractivity contribution in [3.63, 3.8) is 0 Å². The fourth-order valence-corrected chi connectivity index (χ4v) is 2.39. The van der Waals surface area contributed by atoms with Gasteiger partial charge in [0.05, 0.1) is 5.41 Å². The summed E-state index contributed by atoms with van der Waals surface area (Å²) in [6, 6.07) is 2.03. The van der Waals surface area contributed by atoms with Gasteiger partial charge in [-0.15, -0.1) is 0 Å². The Morgan fingerprint density at radius 2 is 1.95 bits per heavy atom. The Morgan fingerprint density at radius 1 is 1.37 bits per heavy atom. The van der Waals surface area contributed by atoms with Gasteiger partial charge in [0.15, 0.2) is 0 Å². The Bertz CT molecular complexity index is 599. The molecule has 1 aromatic carbocycles. The molecule has 1 rings (SSSR count). The van der Waals surface area contributed by atoms with Crippen LogP contribution < -0.4 is 4.72 Å². The van der Waals surface area contributed by atoms with Crippen molar-refractivity contribution in [2.45, 2.75) is 18.7 Å². The summed E-state index contributed by atoms with van der Waals surface area (Å²) in [5.74, 6) is -3.34. The molecule has 106 valence electrons. The van der Waals surface area contributed by atoms with Crippen LogP contribution >= 0.6 is 0 Å². The quantitative estimate of drug-likeness (QED) is 0.858. The number of halogens is 2. The number of hydrogen-bond donors (Lipinski definition) is 2. The smallest absolute Gasteiger partial charge is 0.310 e. The van der Waals surface area contributed by atoms with Crippen molar-refractivity contribution in [1.82, 2.24) is 4.72 Å². The lowest BCUT2D eigenvalue weighted by Gasteiger charge is -2.19. The Labute approximate surface area is 109 Å². The van der Waals surface area contributed by atoms with Gasteiger partial charge in [-0.25, -0.2) is 21.9 Å². The Balaban J connectivity index is 2.97. The minimum Gasteiger partial charge on any atom is -0.481 e. The van der Waals surface area contributed by atoms with Gasteiger partial charge in [0.25, 0.3) is 0 Å². The molecule has 0 aliphatic carbocycles. The molecule has 0 amide bonds. The third-order valence-corrected chi connectivity index (χ3v) is 3.90. The van der Waals surface area contributed by atoms with Crippen molar-refractivity contribution < 1.29 is 27.1 Å². The molecule has 0 aromatic heterocycles. The van der Waals surface area contributed by atoms with Crippen LogP contribution in [-0.4, -0.2) is 26.0 Å². The van der Waals surface area contributed by atoms with Gasteiger partial charge in [-0.1, -0.05) is 0 Å². The van der Waals surface area contributed by atoms with Crippen LogP contribution in [0.5, 0.6) is 0 Å². The van der Waals surface area contributed by atoms with E-state index in [-0.39, 0.29) is 0 Å². The van der Waals surface area contributed by atoms with Crippen LogP contribution in [0.15, 0.2) is 23.1 Å². The minimum absolute atomic E-state index is 0.415. The van der Waals surface area contributed by atoms with Gasteiger partial charge >= 0.3 is 5.97 Å². The summed E-state index contributed by atoms with van der Waals surface area (Å²) in [6.07, 6.45) is 0. The first kappa shape index (κ1) is 15.5. The molecular weight excluding hydrogens is 280 g/mol. The van der Waals surface area contributed by atoms with Gasteiger partial charge in [-0.05, 0) is 26.0 Å². The normalized spacial score (nSPS) is 12.4. The van der Waals surface area contributed by atoms with Gasteiger partial charge in [-0.2, -0.15) is 0 Å². The lowest BCUT2D eigenvalue weighted by molar-refractivity contribution is -0.146. The predicted octanol–water partition coefficient (Wildman–Crippen LogP) is 1.35. The average molecular weight is 293 g/mol. The van der Waals surface area contributed by atoms with Gasteiger partial charge in [0, 0.05) is 12.6 Å². The lowest BCUT2D eigenvalue weighted by atomic mass is 9.95. The van der Waals surface area contributed by atoms with Crippen molar-refractivity contribution in [1.29, 1.82) is 0 Å². The summed E-state index contributed by atoms with van der Waals surface area (Å²) in [4.78, 5) is 10.1. The molecule has 0 saturated carbocycles. The molecule has 0 aliphatic rings. The van der Waals surface area contributed by atoms with Gasteiger partial charge in [-0.3, -0.25) is 4.79 Å². The zero-order valence-corrected chi connectivity index (χ0v) is 11.1. The minimum atomic E-state index is -4.23. The molecule has 0 heterocycles. The van der Waals surface area contributed by atoms with Gasteiger partial charge < -0.3 is 5.11 Å². The number of carboxylic acids is 1. The lowest BCUT2D eigenvalue weighted by Crippen LogP contribution is -2.39. The summed E-state index contributed by atoms with van der Waals surface area (Å²) in [7, 11) is -4.23. The van der Waals surface area contributed by atoms with Crippen LogP contribution in [0.3, 0.4) is 0 Å². The Kier molecular flexibility index (Phi) is 4.26. The zero-order chi connectivity index (χ0) is 14.8. The van der Waals surface area contributed by atoms with Crippen molar-refractivity contribution >= 4 is 16.0 Å². The summed E-state index contributed by atoms with van der Waals surface area (Å²) in [6.45, 7) is 2.22. The molecule has 0 radical (unpaired) electrons. The molecule has 5 nitrogen and oxygen atoms in total. The third-order valence-electron chi connectivity index (χ3n) is 2.47. The van der Waals surface area contributed by atoms with E-state index in [1.165, 1.54) is 13.8 Å². The molecule has 0 saturated heterocycles. The first-order chi connectivity index (χ1) is 8.56. The second-order valence-corrected chi connectivity index (χ2v) is 6.32. The SMILES string of the molecule is CC(C)(CNS(=O)(=O)c1ccc(F)cc1F)C(=O)O. The standard InChI is InChI=1S/C11H13F2NO4S/c1-11(2,10(15)16)6-14-19(17,18)9-4-3-7(12)5-8(9)13/h3-5,14H,6H2,1-2H3,(H,15,16). The maximum Gasteiger partial charge on any atom is 0.310 e. The number of aliphatic carboxylic acids is 1. The number of hydrogen-bond acceptors (Lipinski definition) is 3. The highest BCUT2D eigenvalue weighted by atomic mass is 32.2. The van der Waals surface area contributed by atoms with E-state index in [1.54, 1.807) is 0 Å². The van der Waals surface area contributed by atoms with E-state index in [0.29, 0.717) is 6.07 Å². The van der Waals surface area contributed by atoms with Crippen molar-refractivity contribution in [2.24, 2.45) is 5.41 Å². The monoisotopic (exact) mass is 293 g/mol. The number of benzene rings is 1. The maximum absolute atomic E-state index is 13.3. The van der Waals surface area contributed by atoms with E-state index >= 15 is 0 Å². The second-order valence-electron chi connectivity index (χ2n) is 4.59. The summed E-state index contributed by atoms with van der Waals surface area (Å²) in [5.41, 5.74) is -1.34. The third kappa shape index (κ3) is 3.71. The second kappa shape index (κ2) is 5.22. The average Bonchev–Trinajstić information content (AvgIpc) is 2.26. The van der Waals surface area contributed by atoms with Crippen molar-refractivity contribution in [2.75, 3.05) is 6.54 Å². The van der Waals surface area contributed by atoms with E-state index in [9.17, 15) is 22.0 Å². The van der Waals surface area contributed by atoms with Crippen molar-refractivity contribution in [3.05, 3.63) is 29.8 Å². The molecular formula is C11H13F2NO4S. The molecule has 0 aliphatic heterocycles. The molecule has 8 heteroatoms. The van der Waals surface area contributed by atoms with Crippen LogP contribution in [-0.2, 0) is 14.8 Å². The van der Waals surface area contributed by atoms with Gasteiger partial charge in [0.2, 0.25) is 10.0 Å². The van der Waals surface area contributed by atoms with Crippen molar-refractivity contribution in [3.8, 4) is 0 Å². The first-order valence-corrected chi connectivity index (χ1v) is 6.73. The van der Waals surface area contributed by atoms with Crippen LogP contribution in [0.2, 0.25) is 0 Å². The predicted molar refractivity (Wildman–Crippen MR) is 63.0 cm³/mol. The van der Waals surface area contributed by atoms with Crippen LogP contribution in [0.4, 0.5) is 8.78 Å². The topological polar surface area (TPSA) is 83.5 Å². The van der Waals surface area contributed by atoms with E-state index in [2.05, 4.69) is 0 Å². The molecule has 1 aromatic rings. The molecule has 0 fully saturated rings. The molecule has 19 heavy (non-hydrogen) atoms. The fourth-order valence-electron chi connectivity index (χ4n) is 1.12. The Hall–Kier alpha value is -1.54. The highest BCUT2D eigenvalue weighted by molar-refractivity contribution is 7.89. The number of nitrogens with one attached hydrogen (secondary N) is 1. The molecule has 0 unspecified atom stereocenters. The number of carbonyl (C=O) groups is 1. The highest BCUT2D eigenvalue weighted by Gasteiger charge is 2.30. The van der Waals surface area contributed by atoms with Gasteiger partial charge in [0.1, 0.15) is 16.5 Å². The van der Waals surface area contributed by atoms with Crippen LogP contribution in [0.1, 0.15) is 13.8 Å². The van der Waals surface area contributed by atoms with E-state index in [4.69, 9.17) is 5.11 Å². The molecule has 0 atom stereocenters. The van der Waals surface area contributed by atoms with E-state index < -0.39 is 44.5 Å².